The first kappa shape index (κ1) is 16.2. The van der Waals surface area contributed by atoms with Crippen LogP contribution in [0.25, 0.3) is 10.9 Å². The standard InChI is InChI=1S/C17H14BrN3O3/c1-9-2-7-12-14(15(9)18)16(17(24)19-12)21-20-13(23)8-10-3-5-11(22)6-4-10/h2-7,19,22,24H,8H2,1H3. The molecule has 7 heteroatoms. The maximum Gasteiger partial charge on any atom is 0.269 e. The number of hydrogen-bond donors (Lipinski definition) is 3. The van der Waals surface area contributed by atoms with E-state index in [1.54, 1.807) is 12.1 Å². The Kier molecular flexibility index (Phi) is 4.35. The summed E-state index contributed by atoms with van der Waals surface area (Å²) in [6.07, 6.45) is 0.0626. The largest absolute Gasteiger partial charge is 0.508 e. The average Bonchev–Trinajstić information content (AvgIpc) is 2.87. The van der Waals surface area contributed by atoms with Gasteiger partial charge in [-0.2, -0.15) is 0 Å². The van der Waals surface area contributed by atoms with E-state index < -0.39 is 5.91 Å². The van der Waals surface area contributed by atoms with Crippen molar-refractivity contribution in [1.29, 1.82) is 0 Å². The number of carbonyl (C=O) groups is 1. The number of H-pyrrole nitrogens is 1. The van der Waals surface area contributed by atoms with Crippen molar-refractivity contribution in [3.63, 3.8) is 0 Å². The number of carbonyl (C=O) groups excluding carboxylic acids is 1. The molecule has 0 atom stereocenters. The number of nitrogens with one attached hydrogen (secondary N) is 1. The van der Waals surface area contributed by atoms with Gasteiger partial charge in [0.2, 0.25) is 5.88 Å². The van der Waals surface area contributed by atoms with E-state index in [9.17, 15) is 15.0 Å². The summed E-state index contributed by atoms with van der Waals surface area (Å²) in [6, 6.07) is 10.0. The number of fused-ring (bicyclic) bond motifs is 1. The summed E-state index contributed by atoms with van der Waals surface area (Å²) in [7, 11) is 0. The van der Waals surface area contributed by atoms with E-state index in [-0.39, 0.29) is 23.7 Å². The molecular formula is C17H14BrN3O3. The quantitative estimate of drug-likeness (QED) is 0.576. The monoisotopic (exact) mass is 387 g/mol. The lowest BCUT2D eigenvalue weighted by Crippen LogP contribution is -1.97. The number of azo groups is 1. The summed E-state index contributed by atoms with van der Waals surface area (Å²) in [5, 5.41) is 27.5. The van der Waals surface area contributed by atoms with Gasteiger partial charge in [-0.05, 0) is 52.2 Å². The summed E-state index contributed by atoms with van der Waals surface area (Å²) in [6.45, 7) is 1.92. The van der Waals surface area contributed by atoms with Crippen LogP contribution in [0.5, 0.6) is 11.6 Å². The Balaban J connectivity index is 1.87. The van der Waals surface area contributed by atoms with Crippen molar-refractivity contribution in [3.05, 3.63) is 52.0 Å². The summed E-state index contributed by atoms with van der Waals surface area (Å²) >= 11 is 3.47. The van der Waals surface area contributed by atoms with Gasteiger partial charge < -0.3 is 15.2 Å². The van der Waals surface area contributed by atoms with Crippen LogP contribution in [-0.2, 0) is 11.2 Å². The zero-order chi connectivity index (χ0) is 17.3. The Hall–Kier alpha value is -2.67. The lowest BCUT2D eigenvalue weighted by atomic mass is 10.1. The molecule has 24 heavy (non-hydrogen) atoms. The lowest BCUT2D eigenvalue weighted by molar-refractivity contribution is -0.117. The minimum Gasteiger partial charge on any atom is -0.508 e. The molecule has 3 aromatic rings. The fraction of sp³-hybridized carbons (Fsp3) is 0.118. The Labute approximate surface area is 146 Å². The zero-order valence-electron chi connectivity index (χ0n) is 12.7. The number of aryl methyl sites for hydroxylation is 1. The van der Waals surface area contributed by atoms with Crippen molar-refractivity contribution in [2.75, 3.05) is 0 Å². The predicted octanol–water partition coefficient (Wildman–Crippen LogP) is 4.50. The number of nitrogens with zero attached hydrogens (tertiary/aromatic N) is 2. The highest BCUT2D eigenvalue weighted by Gasteiger charge is 2.15. The van der Waals surface area contributed by atoms with Crippen molar-refractivity contribution in [1.82, 2.24) is 4.98 Å². The molecule has 3 rings (SSSR count). The molecule has 122 valence electrons. The molecule has 0 aliphatic rings. The molecule has 0 radical (unpaired) electrons. The molecule has 6 nitrogen and oxygen atoms in total. The van der Waals surface area contributed by atoms with Crippen molar-refractivity contribution in [3.8, 4) is 11.6 Å². The third-order valence-corrected chi connectivity index (χ3v) is 4.62. The summed E-state index contributed by atoms with van der Waals surface area (Å²) in [4.78, 5) is 14.8. The van der Waals surface area contributed by atoms with E-state index in [2.05, 4.69) is 31.1 Å². The van der Waals surface area contributed by atoms with Gasteiger partial charge >= 0.3 is 0 Å². The highest BCUT2D eigenvalue weighted by molar-refractivity contribution is 9.10. The predicted molar refractivity (Wildman–Crippen MR) is 93.7 cm³/mol. The number of aromatic hydroxyl groups is 2. The number of phenols is 1. The Morgan fingerprint density at radius 2 is 1.88 bits per heavy atom. The smallest absolute Gasteiger partial charge is 0.269 e. The fourth-order valence-corrected chi connectivity index (χ4v) is 2.88. The first-order valence-electron chi connectivity index (χ1n) is 7.18. The Morgan fingerprint density at radius 3 is 2.58 bits per heavy atom. The first-order valence-corrected chi connectivity index (χ1v) is 7.97. The van der Waals surface area contributed by atoms with Crippen LogP contribution in [0.3, 0.4) is 0 Å². The first-order chi connectivity index (χ1) is 11.5. The number of halogens is 1. The molecule has 1 amide bonds. The van der Waals surface area contributed by atoms with Gasteiger partial charge in [-0.3, -0.25) is 4.79 Å². The van der Waals surface area contributed by atoms with E-state index in [1.807, 2.05) is 19.1 Å². The molecule has 0 saturated heterocycles. The van der Waals surface area contributed by atoms with Gasteiger partial charge in [0.15, 0.2) is 5.69 Å². The van der Waals surface area contributed by atoms with Crippen LogP contribution in [0, 0.1) is 6.92 Å². The minimum absolute atomic E-state index is 0.0626. The number of phenolic OH excluding ortho intramolecular Hbond substituents is 1. The van der Waals surface area contributed by atoms with Crippen LogP contribution in [0.4, 0.5) is 5.69 Å². The second-order valence-corrected chi connectivity index (χ2v) is 6.17. The Bertz CT molecular complexity index is 946. The van der Waals surface area contributed by atoms with Crippen LogP contribution >= 0.6 is 15.9 Å². The van der Waals surface area contributed by atoms with E-state index in [0.29, 0.717) is 10.9 Å². The van der Waals surface area contributed by atoms with Crippen molar-refractivity contribution >= 4 is 38.4 Å². The maximum atomic E-state index is 12.0. The average molecular weight is 388 g/mol. The highest BCUT2D eigenvalue weighted by atomic mass is 79.9. The molecule has 0 saturated carbocycles. The van der Waals surface area contributed by atoms with Gasteiger partial charge in [0.1, 0.15) is 5.75 Å². The molecule has 3 N–H and O–H groups in total. The van der Waals surface area contributed by atoms with E-state index in [1.165, 1.54) is 12.1 Å². The van der Waals surface area contributed by atoms with Gasteiger partial charge in [0.05, 0.1) is 11.9 Å². The normalized spacial score (nSPS) is 11.4. The number of amides is 1. The topological polar surface area (TPSA) is 98.0 Å². The van der Waals surface area contributed by atoms with E-state index in [0.717, 1.165) is 15.6 Å². The molecule has 0 fully saturated rings. The number of hydrogen-bond acceptors (Lipinski definition) is 4. The number of aromatic nitrogens is 1. The molecule has 0 bridgehead atoms. The number of rotatable bonds is 3. The zero-order valence-corrected chi connectivity index (χ0v) is 14.3. The van der Waals surface area contributed by atoms with Crippen LogP contribution in [0.2, 0.25) is 0 Å². The molecule has 0 unspecified atom stereocenters. The second-order valence-electron chi connectivity index (χ2n) is 5.38. The lowest BCUT2D eigenvalue weighted by Gasteiger charge is -2.00. The minimum atomic E-state index is -0.446. The molecule has 0 spiro atoms. The third-order valence-electron chi connectivity index (χ3n) is 3.60. The maximum absolute atomic E-state index is 12.0. The van der Waals surface area contributed by atoms with Crippen LogP contribution in [-0.4, -0.2) is 21.1 Å². The summed E-state index contributed by atoms with van der Waals surface area (Å²) in [5.41, 5.74) is 2.62. The molecule has 2 aromatic carbocycles. The van der Waals surface area contributed by atoms with Crippen LogP contribution in [0.15, 0.2) is 51.1 Å². The SMILES string of the molecule is Cc1ccc2[nH]c(O)c(N=NC(=O)Cc3ccc(O)cc3)c2c1Br. The highest BCUT2D eigenvalue weighted by Crippen LogP contribution is 2.41. The van der Waals surface area contributed by atoms with Crippen molar-refractivity contribution in [2.45, 2.75) is 13.3 Å². The Morgan fingerprint density at radius 1 is 1.17 bits per heavy atom. The summed E-state index contributed by atoms with van der Waals surface area (Å²) in [5.74, 6) is -0.451. The van der Waals surface area contributed by atoms with E-state index in [4.69, 9.17) is 0 Å². The van der Waals surface area contributed by atoms with Crippen molar-refractivity contribution < 1.29 is 15.0 Å². The third kappa shape index (κ3) is 3.16. The molecular weight excluding hydrogens is 374 g/mol. The molecule has 1 aromatic heterocycles. The van der Waals surface area contributed by atoms with Crippen LogP contribution in [0.1, 0.15) is 11.1 Å². The molecule has 1 heterocycles. The number of benzene rings is 2. The fourth-order valence-electron chi connectivity index (χ4n) is 2.35. The van der Waals surface area contributed by atoms with E-state index >= 15 is 0 Å². The molecule has 0 aliphatic heterocycles. The number of aromatic amines is 1. The van der Waals surface area contributed by atoms with Gasteiger partial charge in [-0.25, -0.2) is 0 Å². The molecule has 0 aliphatic carbocycles. The van der Waals surface area contributed by atoms with Crippen LogP contribution < -0.4 is 0 Å². The second kappa shape index (κ2) is 6.45. The van der Waals surface area contributed by atoms with Gasteiger partial charge in [-0.1, -0.05) is 18.2 Å². The van der Waals surface area contributed by atoms with Gasteiger partial charge in [-0.15, -0.1) is 10.2 Å². The van der Waals surface area contributed by atoms with Gasteiger partial charge in [0, 0.05) is 9.86 Å². The van der Waals surface area contributed by atoms with Gasteiger partial charge in [0.25, 0.3) is 5.91 Å². The summed E-state index contributed by atoms with van der Waals surface area (Å²) < 4.78 is 0.788. The van der Waals surface area contributed by atoms with Crippen molar-refractivity contribution in [2.24, 2.45) is 10.2 Å².